The summed E-state index contributed by atoms with van der Waals surface area (Å²) in [6.45, 7) is 1.80. The third kappa shape index (κ3) is 4.24. The van der Waals surface area contributed by atoms with Crippen molar-refractivity contribution in [1.82, 2.24) is 5.43 Å². The summed E-state index contributed by atoms with van der Waals surface area (Å²) in [7, 11) is 6.09. The molecule has 0 fully saturated rings. The summed E-state index contributed by atoms with van der Waals surface area (Å²) >= 11 is 0. The molecule has 2 aromatic rings. The third-order valence-electron chi connectivity index (χ3n) is 3.76. The first-order valence-electron chi connectivity index (χ1n) is 7.83. The van der Waals surface area contributed by atoms with E-state index in [9.17, 15) is 4.79 Å². The zero-order chi connectivity index (χ0) is 19.1. The minimum absolute atomic E-state index is 0.339. The Balaban J connectivity index is 2.20. The molecule has 0 unspecified atom stereocenters. The average Bonchev–Trinajstić information content (AvgIpc) is 2.70. The summed E-state index contributed by atoms with van der Waals surface area (Å²) < 4.78 is 20.9. The number of hydrogen-bond donors (Lipinski definition) is 1. The lowest BCUT2D eigenvalue weighted by Crippen LogP contribution is -2.19. The van der Waals surface area contributed by atoms with Crippen LogP contribution in [0.2, 0.25) is 0 Å². The van der Waals surface area contributed by atoms with E-state index in [4.69, 9.17) is 18.9 Å². The van der Waals surface area contributed by atoms with Crippen LogP contribution < -0.4 is 24.4 Å². The maximum Gasteiger partial charge on any atom is 0.271 e. The van der Waals surface area contributed by atoms with Crippen LogP contribution in [0.1, 0.15) is 22.8 Å². The molecule has 0 saturated carbocycles. The summed E-state index contributed by atoms with van der Waals surface area (Å²) in [5.41, 5.74) is 4.40. The highest BCUT2D eigenvalue weighted by Crippen LogP contribution is 2.38. The van der Waals surface area contributed by atoms with Gasteiger partial charge in [-0.25, -0.2) is 5.43 Å². The molecule has 0 spiro atoms. The van der Waals surface area contributed by atoms with E-state index in [0.29, 0.717) is 28.5 Å². The normalized spacial score (nSPS) is 10.9. The van der Waals surface area contributed by atoms with Gasteiger partial charge in [0.05, 0.1) is 34.2 Å². The topological polar surface area (TPSA) is 78.4 Å². The van der Waals surface area contributed by atoms with Crippen molar-refractivity contribution in [2.24, 2.45) is 5.10 Å². The summed E-state index contributed by atoms with van der Waals surface area (Å²) in [6.07, 6.45) is 0. The van der Waals surface area contributed by atoms with E-state index in [2.05, 4.69) is 10.5 Å². The zero-order valence-electron chi connectivity index (χ0n) is 15.5. The number of benzene rings is 2. The van der Waals surface area contributed by atoms with Gasteiger partial charge < -0.3 is 18.9 Å². The van der Waals surface area contributed by atoms with E-state index < -0.39 is 5.91 Å². The Morgan fingerprint density at radius 3 is 1.88 bits per heavy atom. The maximum atomic E-state index is 12.4. The van der Waals surface area contributed by atoms with Crippen molar-refractivity contribution in [1.29, 1.82) is 0 Å². The average molecular weight is 358 g/mol. The van der Waals surface area contributed by atoms with Gasteiger partial charge in [0.25, 0.3) is 5.91 Å². The van der Waals surface area contributed by atoms with Gasteiger partial charge in [-0.1, -0.05) is 0 Å². The van der Waals surface area contributed by atoms with Crippen LogP contribution in [0.5, 0.6) is 23.0 Å². The number of rotatable bonds is 7. The van der Waals surface area contributed by atoms with Gasteiger partial charge in [0.1, 0.15) is 5.75 Å². The molecule has 0 bridgehead atoms. The van der Waals surface area contributed by atoms with Gasteiger partial charge in [-0.3, -0.25) is 4.79 Å². The van der Waals surface area contributed by atoms with Crippen molar-refractivity contribution < 1.29 is 23.7 Å². The lowest BCUT2D eigenvalue weighted by Gasteiger charge is -2.13. The van der Waals surface area contributed by atoms with E-state index in [1.54, 1.807) is 26.2 Å². The van der Waals surface area contributed by atoms with Gasteiger partial charge in [0.2, 0.25) is 5.75 Å². The molecule has 0 aliphatic rings. The number of ether oxygens (including phenoxy) is 4. The molecule has 0 heterocycles. The minimum Gasteiger partial charge on any atom is -0.497 e. The number of nitrogens with zero attached hydrogens (tertiary/aromatic N) is 1. The fourth-order valence-corrected chi connectivity index (χ4v) is 2.31. The molecule has 1 amide bonds. The molecule has 0 saturated heterocycles. The molecule has 138 valence electrons. The van der Waals surface area contributed by atoms with Crippen LogP contribution in [0, 0.1) is 0 Å². The number of methoxy groups -OCH3 is 4. The molecule has 0 radical (unpaired) electrons. The molecule has 7 heteroatoms. The molecule has 0 atom stereocenters. The Morgan fingerprint density at radius 2 is 1.42 bits per heavy atom. The van der Waals surface area contributed by atoms with E-state index in [1.165, 1.54) is 21.3 Å². The summed E-state index contributed by atoms with van der Waals surface area (Å²) in [5.74, 6) is 1.57. The molecular weight excluding hydrogens is 336 g/mol. The molecule has 0 aliphatic carbocycles. The number of amides is 1. The van der Waals surface area contributed by atoms with Crippen LogP contribution in [0.25, 0.3) is 0 Å². The van der Waals surface area contributed by atoms with Gasteiger partial charge in [0, 0.05) is 5.56 Å². The quantitative estimate of drug-likeness (QED) is 0.608. The number of hydrogen-bond acceptors (Lipinski definition) is 6. The number of hydrazone groups is 1. The molecular formula is C19H22N2O5. The highest BCUT2D eigenvalue weighted by atomic mass is 16.5. The maximum absolute atomic E-state index is 12.4. The minimum atomic E-state index is -0.392. The zero-order valence-corrected chi connectivity index (χ0v) is 15.5. The standard InChI is InChI=1S/C19H22N2O5/c1-12(13-6-8-15(23-2)9-7-13)20-21-19(22)14-10-16(24-3)18(26-5)17(11-14)25-4/h6-11H,1-5H3,(H,21,22). The van der Waals surface area contributed by atoms with Crippen LogP contribution in [0.4, 0.5) is 0 Å². The SMILES string of the molecule is COc1ccc(C(C)=NNC(=O)c2cc(OC)c(OC)c(OC)c2)cc1. The molecule has 7 nitrogen and oxygen atoms in total. The Labute approximate surface area is 152 Å². The van der Waals surface area contributed by atoms with Crippen LogP contribution in [0.3, 0.4) is 0 Å². The van der Waals surface area contributed by atoms with Gasteiger partial charge in [-0.05, 0) is 48.9 Å². The molecule has 0 aromatic heterocycles. The molecule has 26 heavy (non-hydrogen) atoms. The Bertz CT molecular complexity index is 775. The van der Waals surface area contributed by atoms with Crippen molar-refractivity contribution >= 4 is 11.6 Å². The second-order valence-electron chi connectivity index (χ2n) is 5.28. The Kier molecular flexibility index (Phi) is 6.43. The largest absolute Gasteiger partial charge is 0.497 e. The molecule has 2 rings (SSSR count). The van der Waals surface area contributed by atoms with Crippen molar-refractivity contribution in [2.45, 2.75) is 6.92 Å². The summed E-state index contributed by atoms with van der Waals surface area (Å²) in [6, 6.07) is 10.5. The van der Waals surface area contributed by atoms with Crippen molar-refractivity contribution in [3.63, 3.8) is 0 Å². The van der Waals surface area contributed by atoms with Crippen molar-refractivity contribution in [3.8, 4) is 23.0 Å². The van der Waals surface area contributed by atoms with E-state index >= 15 is 0 Å². The second kappa shape index (κ2) is 8.75. The highest BCUT2D eigenvalue weighted by Gasteiger charge is 2.16. The lowest BCUT2D eigenvalue weighted by molar-refractivity contribution is 0.0954. The molecule has 0 aliphatic heterocycles. The first kappa shape index (κ1) is 19.1. The highest BCUT2D eigenvalue weighted by molar-refractivity contribution is 6.01. The predicted octanol–water partition coefficient (Wildman–Crippen LogP) is 2.88. The van der Waals surface area contributed by atoms with Crippen LogP contribution in [0.15, 0.2) is 41.5 Å². The lowest BCUT2D eigenvalue weighted by atomic mass is 10.1. The predicted molar refractivity (Wildman–Crippen MR) is 98.8 cm³/mol. The second-order valence-corrected chi connectivity index (χ2v) is 5.28. The summed E-state index contributed by atoms with van der Waals surface area (Å²) in [4.78, 5) is 12.4. The summed E-state index contributed by atoms with van der Waals surface area (Å²) in [5, 5.41) is 4.14. The van der Waals surface area contributed by atoms with E-state index in [-0.39, 0.29) is 0 Å². The molecule has 1 N–H and O–H groups in total. The van der Waals surface area contributed by atoms with E-state index in [1.807, 2.05) is 24.3 Å². The van der Waals surface area contributed by atoms with E-state index in [0.717, 1.165) is 11.3 Å². The number of carbonyl (C=O) groups excluding carboxylic acids is 1. The van der Waals surface area contributed by atoms with Crippen LogP contribution >= 0.6 is 0 Å². The van der Waals surface area contributed by atoms with Gasteiger partial charge >= 0.3 is 0 Å². The fraction of sp³-hybridized carbons (Fsp3) is 0.263. The monoisotopic (exact) mass is 358 g/mol. The third-order valence-corrected chi connectivity index (χ3v) is 3.76. The van der Waals surface area contributed by atoms with Crippen LogP contribution in [-0.4, -0.2) is 40.1 Å². The van der Waals surface area contributed by atoms with Crippen molar-refractivity contribution in [3.05, 3.63) is 47.5 Å². The first-order valence-corrected chi connectivity index (χ1v) is 7.83. The van der Waals surface area contributed by atoms with Crippen LogP contribution in [-0.2, 0) is 0 Å². The van der Waals surface area contributed by atoms with Gasteiger partial charge in [0.15, 0.2) is 11.5 Å². The molecule has 2 aromatic carbocycles. The Morgan fingerprint density at radius 1 is 0.846 bits per heavy atom. The van der Waals surface area contributed by atoms with Gasteiger partial charge in [-0.2, -0.15) is 5.10 Å². The number of nitrogens with one attached hydrogen (secondary N) is 1. The van der Waals surface area contributed by atoms with Gasteiger partial charge in [-0.15, -0.1) is 0 Å². The van der Waals surface area contributed by atoms with Crippen molar-refractivity contribution in [2.75, 3.05) is 28.4 Å². The first-order chi connectivity index (χ1) is 12.5. The number of carbonyl (C=O) groups is 1. The fourth-order valence-electron chi connectivity index (χ4n) is 2.31. The Hall–Kier alpha value is -3.22. The smallest absolute Gasteiger partial charge is 0.271 e.